The zero-order valence-electron chi connectivity index (χ0n) is 14.6. The molecule has 1 N–H and O–H groups in total. The van der Waals surface area contributed by atoms with Crippen LogP contribution >= 0.6 is 0 Å². The fourth-order valence-electron chi connectivity index (χ4n) is 3.47. The van der Waals surface area contributed by atoms with Crippen molar-refractivity contribution in [2.45, 2.75) is 39.3 Å². The average molecular weight is 336 g/mol. The second-order valence-electron chi connectivity index (χ2n) is 6.66. The lowest BCUT2D eigenvalue weighted by Crippen LogP contribution is -2.30. The van der Waals surface area contributed by atoms with E-state index in [4.69, 9.17) is 0 Å². The molecular weight excluding hydrogens is 312 g/mol. The highest BCUT2D eigenvalue weighted by molar-refractivity contribution is 5.30. The Balaban J connectivity index is 1.31. The van der Waals surface area contributed by atoms with E-state index in [9.17, 15) is 0 Å². The molecule has 0 radical (unpaired) electrons. The first kappa shape index (κ1) is 16.0. The monoisotopic (exact) mass is 336 g/mol. The fraction of sp³-hybridized carbons (Fsp3) is 0.421. The molecule has 0 saturated carbocycles. The van der Waals surface area contributed by atoms with Crippen molar-refractivity contribution < 1.29 is 0 Å². The molecule has 0 fully saturated rings. The molecule has 0 bridgehead atoms. The lowest BCUT2D eigenvalue weighted by Gasteiger charge is -2.24. The molecule has 1 atom stereocenters. The van der Waals surface area contributed by atoms with E-state index >= 15 is 0 Å². The first-order valence-electron chi connectivity index (χ1n) is 9.04. The number of hydrogen-bond donors (Lipinski definition) is 1. The van der Waals surface area contributed by atoms with Crippen molar-refractivity contribution in [1.82, 2.24) is 29.9 Å². The van der Waals surface area contributed by atoms with Crippen molar-refractivity contribution in [2.24, 2.45) is 5.92 Å². The predicted molar refractivity (Wildman–Crippen MR) is 96.5 cm³/mol. The van der Waals surface area contributed by atoms with Crippen LogP contribution in [0.3, 0.4) is 0 Å². The van der Waals surface area contributed by atoms with Crippen molar-refractivity contribution in [3.05, 3.63) is 59.9 Å². The minimum atomic E-state index is 0.637. The summed E-state index contributed by atoms with van der Waals surface area (Å²) in [4.78, 5) is 0. The first-order chi connectivity index (χ1) is 12.3. The van der Waals surface area contributed by atoms with Gasteiger partial charge in [0.25, 0.3) is 0 Å². The first-order valence-corrected chi connectivity index (χ1v) is 9.04. The van der Waals surface area contributed by atoms with Gasteiger partial charge in [-0.1, -0.05) is 25.1 Å². The number of rotatable bonds is 6. The third-order valence-electron chi connectivity index (χ3n) is 4.86. The standard InChI is InChI=1S/C19H24N6/c1-2-18-22-23-19-9-8-15(13-24(18)19)10-20-11-16-12-21-25(14-16)17-6-4-3-5-7-17/h3-7,12,14-15,20H,2,8-11,13H2,1H3/t15-/m0/s1. The van der Waals surface area contributed by atoms with Crippen molar-refractivity contribution >= 4 is 0 Å². The molecule has 0 saturated heterocycles. The summed E-state index contributed by atoms with van der Waals surface area (Å²) in [6, 6.07) is 10.2. The Kier molecular flexibility index (Phi) is 4.61. The highest BCUT2D eigenvalue weighted by Gasteiger charge is 2.21. The lowest BCUT2D eigenvalue weighted by atomic mass is 9.99. The largest absolute Gasteiger partial charge is 0.315 e. The normalized spacial score (nSPS) is 16.8. The Hall–Kier alpha value is -2.47. The molecule has 0 amide bonds. The molecule has 25 heavy (non-hydrogen) atoms. The van der Waals surface area contributed by atoms with Crippen molar-refractivity contribution in [3.8, 4) is 5.69 Å². The maximum absolute atomic E-state index is 4.45. The lowest BCUT2D eigenvalue weighted by molar-refractivity contribution is 0.342. The number of hydrogen-bond acceptors (Lipinski definition) is 4. The molecule has 0 spiro atoms. The third kappa shape index (κ3) is 3.49. The van der Waals surface area contributed by atoms with Crippen LogP contribution in [0.25, 0.3) is 5.69 Å². The molecule has 1 aromatic carbocycles. The summed E-state index contributed by atoms with van der Waals surface area (Å²) in [6.45, 7) is 5.03. The Labute approximate surface area is 147 Å². The van der Waals surface area contributed by atoms with Gasteiger partial charge in [-0.25, -0.2) is 4.68 Å². The van der Waals surface area contributed by atoms with E-state index in [1.807, 2.05) is 29.1 Å². The average Bonchev–Trinajstić information content (AvgIpc) is 3.29. The molecule has 3 heterocycles. The van der Waals surface area contributed by atoms with E-state index in [1.54, 1.807) is 0 Å². The second-order valence-corrected chi connectivity index (χ2v) is 6.66. The van der Waals surface area contributed by atoms with Gasteiger partial charge in [-0.05, 0) is 31.0 Å². The summed E-state index contributed by atoms with van der Waals surface area (Å²) < 4.78 is 4.23. The zero-order valence-corrected chi connectivity index (χ0v) is 14.6. The van der Waals surface area contributed by atoms with Gasteiger partial charge in [-0.2, -0.15) is 5.10 Å². The Morgan fingerprint density at radius 1 is 1.20 bits per heavy atom. The van der Waals surface area contributed by atoms with Gasteiger partial charge in [0, 0.05) is 37.7 Å². The van der Waals surface area contributed by atoms with Crippen molar-refractivity contribution in [2.75, 3.05) is 6.54 Å². The highest BCUT2D eigenvalue weighted by atomic mass is 15.3. The molecular formula is C19H24N6. The van der Waals surface area contributed by atoms with Gasteiger partial charge in [0.05, 0.1) is 11.9 Å². The van der Waals surface area contributed by atoms with Crippen LogP contribution < -0.4 is 5.32 Å². The number of benzene rings is 1. The van der Waals surface area contributed by atoms with Gasteiger partial charge in [0.15, 0.2) is 0 Å². The third-order valence-corrected chi connectivity index (χ3v) is 4.86. The van der Waals surface area contributed by atoms with Gasteiger partial charge in [0.2, 0.25) is 0 Å². The van der Waals surface area contributed by atoms with E-state index in [1.165, 1.54) is 12.0 Å². The quantitative estimate of drug-likeness (QED) is 0.751. The van der Waals surface area contributed by atoms with E-state index in [0.717, 1.165) is 49.8 Å². The maximum Gasteiger partial charge on any atom is 0.133 e. The molecule has 2 aromatic heterocycles. The summed E-state index contributed by atoms with van der Waals surface area (Å²) in [7, 11) is 0. The SMILES string of the molecule is CCc1nnc2n1C[C@H](CNCc1cnn(-c3ccccc3)c1)CC2. The summed E-state index contributed by atoms with van der Waals surface area (Å²) in [6.07, 6.45) is 7.19. The van der Waals surface area contributed by atoms with Crippen LogP contribution in [0.1, 0.15) is 30.6 Å². The molecule has 6 heteroatoms. The predicted octanol–water partition coefficient (Wildman–Crippen LogP) is 2.38. The Morgan fingerprint density at radius 3 is 2.92 bits per heavy atom. The second kappa shape index (κ2) is 7.19. The summed E-state index contributed by atoms with van der Waals surface area (Å²) in [5.41, 5.74) is 2.30. The molecule has 4 rings (SSSR count). The van der Waals surface area contributed by atoms with Gasteiger partial charge in [-0.3, -0.25) is 0 Å². The van der Waals surface area contributed by atoms with Crippen LogP contribution in [0.4, 0.5) is 0 Å². The molecule has 130 valence electrons. The minimum Gasteiger partial charge on any atom is -0.315 e. The van der Waals surface area contributed by atoms with Crippen LogP contribution in [0.2, 0.25) is 0 Å². The van der Waals surface area contributed by atoms with Crippen LogP contribution in [0, 0.1) is 5.92 Å². The molecule has 0 aliphatic carbocycles. The summed E-state index contributed by atoms with van der Waals surface area (Å²) in [5, 5.41) is 16.6. The molecule has 1 aliphatic heterocycles. The van der Waals surface area contributed by atoms with Crippen molar-refractivity contribution in [3.63, 3.8) is 0 Å². The van der Waals surface area contributed by atoms with Gasteiger partial charge >= 0.3 is 0 Å². The van der Waals surface area contributed by atoms with Gasteiger partial charge in [0.1, 0.15) is 11.6 Å². The van der Waals surface area contributed by atoms with Crippen LogP contribution in [-0.4, -0.2) is 31.1 Å². The highest BCUT2D eigenvalue weighted by Crippen LogP contribution is 2.20. The van der Waals surface area contributed by atoms with E-state index < -0.39 is 0 Å². The van der Waals surface area contributed by atoms with Crippen LogP contribution in [-0.2, 0) is 25.9 Å². The minimum absolute atomic E-state index is 0.637. The van der Waals surface area contributed by atoms with Gasteiger partial charge < -0.3 is 9.88 Å². The summed E-state index contributed by atoms with van der Waals surface area (Å²) >= 11 is 0. The summed E-state index contributed by atoms with van der Waals surface area (Å²) in [5.74, 6) is 2.90. The van der Waals surface area contributed by atoms with E-state index in [0.29, 0.717) is 5.92 Å². The fourth-order valence-corrected chi connectivity index (χ4v) is 3.47. The van der Waals surface area contributed by atoms with E-state index in [-0.39, 0.29) is 0 Å². The molecule has 6 nitrogen and oxygen atoms in total. The van der Waals surface area contributed by atoms with Crippen molar-refractivity contribution in [1.29, 1.82) is 0 Å². The smallest absolute Gasteiger partial charge is 0.133 e. The molecule has 3 aromatic rings. The number of aromatic nitrogens is 5. The molecule has 1 aliphatic rings. The van der Waals surface area contributed by atoms with Gasteiger partial charge in [-0.15, -0.1) is 10.2 Å². The van der Waals surface area contributed by atoms with Crippen LogP contribution in [0.15, 0.2) is 42.7 Å². The topological polar surface area (TPSA) is 60.6 Å². The maximum atomic E-state index is 4.45. The van der Waals surface area contributed by atoms with Crippen LogP contribution in [0.5, 0.6) is 0 Å². The number of fused-ring (bicyclic) bond motifs is 1. The molecule has 0 unspecified atom stereocenters. The number of nitrogens with one attached hydrogen (secondary N) is 1. The number of aryl methyl sites for hydroxylation is 2. The number of para-hydroxylation sites is 1. The number of nitrogens with zero attached hydrogens (tertiary/aromatic N) is 5. The Morgan fingerprint density at radius 2 is 2.08 bits per heavy atom. The zero-order chi connectivity index (χ0) is 17.1. The van der Waals surface area contributed by atoms with E-state index in [2.05, 4.69) is 50.4 Å². The Bertz CT molecular complexity index is 806.